The van der Waals surface area contributed by atoms with E-state index in [9.17, 15) is 33.4 Å². The van der Waals surface area contributed by atoms with Gasteiger partial charge < -0.3 is 14.9 Å². The largest absolute Gasteiger partial charge is 0.479 e. The van der Waals surface area contributed by atoms with Crippen molar-refractivity contribution >= 4 is 28.9 Å². The number of carbonyl (C=O) groups is 3. The van der Waals surface area contributed by atoms with Gasteiger partial charge in [0, 0.05) is 33.0 Å². The zero-order valence-corrected chi connectivity index (χ0v) is 31.5. The van der Waals surface area contributed by atoms with E-state index in [4.69, 9.17) is 4.74 Å². The molecule has 2 aromatic rings. The Morgan fingerprint density at radius 3 is 1.92 bits per heavy atom. The van der Waals surface area contributed by atoms with E-state index in [1.165, 1.54) is 13.2 Å². The molecule has 2 aromatic carbocycles. The number of carbonyl (C=O) groups excluding carboxylic acids is 2. The summed E-state index contributed by atoms with van der Waals surface area (Å²) in [6.45, 7) is 5.82. The molecule has 0 radical (unpaired) electrons. The molecular formula is C41H57F2NO6S. The van der Waals surface area contributed by atoms with Crippen LogP contribution in [-0.4, -0.2) is 63.5 Å². The number of aliphatic carboxylic acids is 1. The quantitative estimate of drug-likeness (QED) is 0.0867. The second kappa shape index (κ2) is 20.2. The number of ether oxygens (including phenoxy) is 1. The number of halogens is 2. The molecular weight excluding hydrogens is 673 g/mol. The molecule has 7 nitrogen and oxygen atoms in total. The number of aliphatic hydroxyl groups is 1. The van der Waals surface area contributed by atoms with Crippen LogP contribution in [0.2, 0.25) is 0 Å². The van der Waals surface area contributed by atoms with Gasteiger partial charge in [0.05, 0.1) is 16.7 Å². The van der Waals surface area contributed by atoms with Gasteiger partial charge in [0.15, 0.2) is 5.60 Å². The molecule has 0 saturated carbocycles. The van der Waals surface area contributed by atoms with E-state index in [0.717, 1.165) is 53.5 Å². The smallest absolute Gasteiger partial charge is 0.336 e. The Morgan fingerprint density at radius 1 is 0.902 bits per heavy atom. The van der Waals surface area contributed by atoms with Crippen LogP contribution in [0.25, 0.3) is 0 Å². The fourth-order valence-electron chi connectivity index (χ4n) is 7.13. The Morgan fingerprint density at radius 2 is 1.43 bits per heavy atom. The molecule has 0 bridgehead atoms. The number of alkyl halides is 2. The molecule has 3 atom stereocenters. The third-order valence-electron chi connectivity index (χ3n) is 9.89. The van der Waals surface area contributed by atoms with Gasteiger partial charge in [-0.2, -0.15) is 0 Å². The van der Waals surface area contributed by atoms with Crippen molar-refractivity contribution in [3.05, 3.63) is 83.9 Å². The predicted molar refractivity (Wildman–Crippen MR) is 200 cm³/mol. The van der Waals surface area contributed by atoms with Crippen molar-refractivity contribution in [3.8, 4) is 0 Å². The molecule has 1 saturated heterocycles. The van der Waals surface area contributed by atoms with Crippen LogP contribution in [0, 0.1) is 11.8 Å². The lowest BCUT2D eigenvalue weighted by molar-refractivity contribution is -0.170. The molecule has 1 aliphatic rings. The van der Waals surface area contributed by atoms with Crippen LogP contribution in [-0.2, 0) is 19.1 Å². The number of hydrogen-bond acceptors (Lipinski definition) is 6. The lowest BCUT2D eigenvalue weighted by Crippen LogP contribution is -2.57. The third kappa shape index (κ3) is 11.0. The highest BCUT2D eigenvalue weighted by Gasteiger charge is 2.60. The van der Waals surface area contributed by atoms with Gasteiger partial charge in [-0.25, -0.2) is 13.6 Å². The summed E-state index contributed by atoms with van der Waals surface area (Å²) >= 11 is 1.03. The van der Waals surface area contributed by atoms with Crippen LogP contribution in [0.15, 0.2) is 72.8 Å². The van der Waals surface area contributed by atoms with Crippen LogP contribution in [0.1, 0.15) is 115 Å². The fourth-order valence-corrected chi connectivity index (χ4v) is 8.71. The average molecular weight is 730 g/mol. The van der Waals surface area contributed by atoms with Crippen molar-refractivity contribution in [1.82, 2.24) is 4.90 Å². The van der Waals surface area contributed by atoms with Crippen LogP contribution < -0.4 is 0 Å². The van der Waals surface area contributed by atoms with E-state index >= 15 is 0 Å². The molecule has 2 amide bonds. The first-order chi connectivity index (χ1) is 24.4. The van der Waals surface area contributed by atoms with Crippen LogP contribution in [0.5, 0.6) is 0 Å². The molecule has 10 heteroatoms. The third-order valence-corrected chi connectivity index (χ3v) is 11.3. The lowest BCUT2D eigenvalue weighted by Gasteiger charge is -2.41. The van der Waals surface area contributed by atoms with E-state index in [-0.39, 0.29) is 31.8 Å². The molecule has 1 unspecified atom stereocenters. The lowest BCUT2D eigenvalue weighted by atomic mass is 9.77. The number of amides is 2. The van der Waals surface area contributed by atoms with Crippen LogP contribution in [0.3, 0.4) is 0 Å². The molecule has 51 heavy (non-hydrogen) atoms. The van der Waals surface area contributed by atoms with Gasteiger partial charge in [-0.05, 0) is 54.5 Å². The zero-order chi connectivity index (χ0) is 37.5. The number of imide groups is 1. The minimum absolute atomic E-state index is 0.0715. The molecule has 0 aromatic heterocycles. The van der Waals surface area contributed by atoms with Crippen molar-refractivity contribution in [2.24, 2.45) is 11.8 Å². The van der Waals surface area contributed by atoms with Crippen molar-refractivity contribution < 1.29 is 38.1 Å². The predicted octanol–water partition coefficient (Wildman–Crippen LogP) is 10.0. The number of carboxylic acids is 1. The number of carboxylic acid groups (broad SMARTS) is 1. The maximum absolute atomic E-state index is 14.7. The van der Waals surface area contributed by atoms with E-state index in [1.807, 2.05) is 74.5 Å². The summed E-state index contributed by atoms with van der Waals surface area (Å²) < 4.78 is 32.8. The Hall–Kier alpha value is -3.08. The Balaban J connectivity index is 1.82. The summed E-state index contributed by atoms with van der Waals surface area (Å²) in [5.41, 5.74) is -0.898. The van der Waals surface area contributed by atoms with E-state index < -0.39 is 45.3 Å². The van der Waals surface area contributed by atoms with E-state index in [1.54, 1.807) is 6.08 Å². The second-order valence-corrected chi connectivity index (χ2v) is 15.3. The number of methoxy groups -OCH3 is 1. The van der Waals surface area contributed by atoms with Crippen LogP contribution in [0.4, 0.5) is 13.6 Å². The molecule has 0 spiro atoms. The number of hydrogen-bond donors (Lipinski definition) is 2. The Labute approximate surface area is 307 Å². The summed E-state index contributed by atoms with van der Waals surface area (Å²) in [5, 5.41) is 21.5. The number of unbranched alkanes of at least 4 members (excludes halogenated alkanes) is 8. The van der Waals surface area contributed by atoms with Crippen molar-refractivity contribution in [3.63, 3.8) is 0 Å². The van der Waals surface area contributed by atoms with E-state index in [2.05, 4.69) is 6.92 Å². The molecule has 1 aliphatic heterocycles. The second-order valence-electron chi connectivity index (χ2n) is 14.1. The number of nitrogens with zero attached hydrogens (tertiary/aromatic N) is 1. The average Bonchev–Trinajstić information content (AvgIpc) is 3.44. The Bertz CT molecular complexity index is 1370. The minimum Gasteiger partial charge on any atom is -0.479 e. The molecule has 1 fully saturated rings. The monoisotopic (exact) mass is 729 g/mol. The summed E-state index contributed by atoms with van der Waals surface area (Å²) in [5.74, 6) is -6.88. The SMILES string of the molecule is CCCCCCCC(F)(F)CCCCCCC=C[C@H](C(=O)N1C(=O)SC(c2ccccc2)(c2ccccc2)C1C(C)C)[C@@](O)(CCOC)C(=O)O. The highest BCUT2D eigenvalue weighted by atomic mass is 32.2. The zero-order valence-electron chi connectivity index (χ0n) is 30.7. The summed E-state index contributed by atoms with van der Waals surface area (Å²) in [4.78, 5) is 42.6. The number of rotatable bonds is 23. The summed E-state index contributed by atoms with van der Waals surface area (Å²) in [7, 11) is 1.38. The van der Waals surface area contributed by atoms with Gasteiger partial charge >= 0.3 is 5.97 Å². The normalized spacial score (nSPS) is 18.0. The molecule has 3 rings (SSSR count). The maximum atomic E-state index is 14.7. The Kier molecular flexibility index (Phi) is 16.8. The summed E-state index contributed by atoms with van der Waals surface area (Å²) in [6, 6.07) is 18.3. The summed E-state index contributed by atoms with van der Waals surface area (Å²) in [6.07, 6.45) is 9.84. The van der Waals surface area contributed by atoms with Crippen LogP contribution >= 0.6 is 11.8 Å². The van der Waals surface area contributed by atoms with Gasteiger partial charge in [0.1, 0.15) is 0 Å². The van der Waals surface area contributed by atoms with Gasteiger partial charge in [-0.15, -0.1) is 0 Å². The molecule has 1 heterocycles. The number of allylic oxidation sites excluding steroid dienone is 1. The highest BCUT2D eigenvalue weighted by Crippen LogP contribution is 2.56. The van der Waals surface area contributed by atoms with Gasteiger partial charge in [0.2, 0.25) is 11.8 Å². The van der Waals surface area contributed by atoms with Gasteiger partial charge in [0.25, 0.3) is 5.24 Å². The molecule has 0 aliphatic carbocycles. The number of thioether (sulfide) groups is 1. The first-order valence-electron chi connectivity index (χ1n) is 18.5. The van der Waals surface area contributed by atoms with Crippen molar-refractivity contribution in [2.45, 2.75) is 127 Å². The van der Waals surface area contributed by atoms with Crippen molar-refractivity contribution in [2.75, 3.05) is 13.7 Å². The van der Waals surface area contributed by atoms with Crippen molar-refractivity contribution in [1.29, 1.82) is 0 Å². The first-order valence-corrected chi connectivity index (χ1v) is 19.3. The fraction of sp³-hybridized carbons (Fsp3) is 0.585. The molecule has 2 N–H and O–H groups in total. The molecule has 282 valence electrons. The van der Waals surface area contributed by atoms with E-state index in [0.29, 0.717) is 38.5 Å². The van der Waals surface area contributed by atoms with Gasteiger partial charge in [-0.1, -0.05) is 132 Å². The highest BCUT2D eigenvalue weighted by molar-refractivity contribution is 8.15. The maximum Gasteiger partial charge on any atom is 0.336 e. The standard InChI is InChI=1S/C41H57F2NO6S/c1-5-6-7-11-20-27-39(42,43)28-21-12-9-8-10-19-26-34(40(49,37(46)47)29-30-50-4)36(45)44-35(31(2)3)41(51-38(44)48,32-22-15-13-16-23-32)33-24-17-14-18-25-33/h13-19,22-26,31,34-35,49H,5-12,20-21,27-30H2,1-4H3,(H,46,47)/t34-,35?,40+/m1/s1. The minimum atomic E-state index is -2.65. The van der Waals surface area contributed by atoms with Gasteiger partial charge in [-0.3, -0.25) is 14.5 Å². The first kappa shape index (κ1) is 42.3. The number of benzene rings is 2. The topological polar surface area (TPSA) is 104 Å².